The van der Waals surface area contributed by atoms with Crippen LogP contribution >= 0.6 is 11.8 Å². The molecule has 0 bridgehead atoms. The number of carbonyl (C=O) groups excluding carboxylic acids is 1. The van der Waals surface area contributed by atoms with Crippen molar-refractivity contribution in [3.63, 3.8) is 0 Å². The monoisotopic (exact) mass is 308 g/mol. The Labute approximate surface area is 130 Å². The Morgan fingerprint density at radius 2 is 2.05 bits per heavy atom. The molecule has 116 valence electrons. The summed E-state index contributed by atoms with van der Waals surface area (Å²) in [6.45, 7) is 3.49. The minimum absolute atomic E-state index is 0.111. The molecule has 0 aromatic heterocycles. The normalized spacial score (nSPS) is 17.0. The number of thioether (sulfide) groups is 1. The molecule has 0 heterocycles. The second-order valence-electron chi connectivity index (χ2n) is 5.78. The van der Waals surface area contributed by atoms with E-state index >= 15 is 0 Å². The molecule has 1 aromatic rings. The SMILES string of the molecule is CC(CCO)CNC(=O)NCC1(Sc2ccccc2)CC1. The molecule has 0 saturated heterocycles. The lowest BCUT2D eigenvalue weighted by molar-refractivity contribution is 0.234. The predicted molar refractivity (Wildman–Crippen MR) is 86.5 cm³/mol. The Bertz CT molecular complexity index is 449. The first-order chi connectivity index (χ1) is 10.1. The lowest BCUT2D eigenvalue weighted by Gasteiger charge is -2.17. The zero-order valence-electron chi connectivity index (χ0n) is 12.5. The smallest absolute Gasteiger partial charge is 0.314 e. The number of aliphatic hydroxyl groups excluding tert-OH is 1. The molecule has 2 rings (SSSR count). The van der Waals surface area contributed by atoms with Crippen molar-refractivity contribution >= 4 is 17.8 Å². The molecule has 1 saturated carbocycles. The third-order valence-electron chi connectivity index (χ3n) is 3.69. The van der Waals surface area contributed by atoms with Crippen molar-refractivity contribution in [3.8, 4) is 0 Å². The fourth-order valence-corrected chi connectivity index (χ4v) is 3.33. The molecule has 0 radical (unpaired) electrons. The molecule has 3 N–H and O–H groups in total. The molecule has 2 amide bonds. The molecule has 1 fully saturated rings. The van der Waals surface area contributed by atoms with Gasteiger partial charge in [-0.15, -0.1) is 11.8 Å². The van der Waals surface area contributed by atoms with Gasteiger partial charge < -0.3 is 15.7 Å². The number of benzene rings is 1. The van der Waals surface area contributed by atoms with Crippen molar-refractivity contribution in [2.24, 2.45) is 5.92 Å². The first kappa shape index (κ1) is 16.2. The standard InChI is InChI=1S/C16H24N2O2S/c1-13(7-10-19)11-17-15(20)18-12-16(8-9-16)21-14-5-3-2-4-6-14/h2-6,13,19H,7-12H2,1H3,(H2,17,18,20). The second-order valence-corrected chi connectivity index (χ2v) is 7.32. The maximum atomic E-state index is 11.8. The van der Waals surface area contributed by atoms with Crippen LogP contribution in [0.5, 0.6) is 0 Å². The van der Waals surface area contributed by atoms with Gasteiger partial charge in [-0.25, -0.2) is 4.79 Å². The van der Waals surface area contributed by atoms with Gasteiger partial charge in [-0.05, 0) is 37.3 Å². The predicted octanol–water partition coefficient (Wildman–Crippen LogP) is 2.63. The molecule has 0 spiro atoms. The van der Waals surface area contributed by atoms with Crippen LogP contribution in [0.2, 0.25) is 0 Å². The first-order valence-electron chi connectivity index (χ1n) is 7.50. The molecular weight excluding hydrogens is 284 g/mol. The number of aliphatic hydroxyl groups is 1. The van der Waals surface area contributed by atoms with Crippen molar-refractivity contribution in [3.05, 3.63) is 30.3 Å². The molecule has 1 aliphatic rings. The summed E-state index contributed by atoms with van der Waals surface area (Å²) in [4.78, 5) is 13.0. The quantitative estimate of drug-likeness (QED) is 0.692. The van der Waals surface area contributed by atoms with E-state index in [0.29, 0.717) is 25.4 Å². The van der Waals surface area contributed by atoms with Crippen LogP contribution in [0, 0.1) is 5.92 Å². The molecular formula is C16H24N2O2S. The summed E-state index contributed by atoms with van der Waals surface area (Å²) in [6.07, 6.45) is 3.01. The topological polar surface area (TPSA) is 61.4 Å². The zero-order chi connectivity index (χ0) is 15.1. The second kappa shape index (κ2) is 7.71. The van der Waals surface area contributed by atoms with Crippen molar-refractivity contribution in [1.82, 2.24) is 10.6 Å². The number of urea groups is 1. The summed E-state index contributed by atoms with van der Waals surface area (Å²) >= 11 is 1.86. The van der Waals surface area contributed by atoms with Crippen molar-refractivity contribution in [2.75, 3.05) is 19.7 Å². The highest BCUT2D eigenvalue weighted by Gasteiger charge is 2.43. The fourth-order valence-electron chi connectivity index (χ4n) is 2.09. The Balaban J connectivity index is 1.69. The average Bonchev–Trinajstić information content (AvgIpc) is 3.24. The van der Waals surface area contributed by atoms with Gasteiger partial charge in [-0.2, -0.15) is 0 Å². The van der Waals surface area contributed by atoms with Crippen LogP contribution in [0.3, 0.4) is 0 Å². The summed E-state index contributed by atoms with van der Waals surface area (Å²) in [5.41, 5.74) is 0. The minimum Gasteiger partial charge on any atom is -0.396 e. The van der Waals surface area contributed by atoms with Crippen molar-refractivity contribution in [1.29, 1.82) is 0 Å². The molecule has 1 aromatic carbocycles. The maximum Gasteiger partial charge on any atom is 0.314 e. The van der Waals surface area contributed by atoms with E-state index in [1.165, 1.54) is 4.90 Å². The first-order valence-corrected chi connectivity index (χ1v) is 8.32. The van der Waals surface area contributed by atoms with Crippen LogP contribution in [0.15, 0.2) is 35.2 Å². The third kappa shape index (κ3) is 5.59. The lowest BCUT2D eigenvalue weighted by atomic mass is 10.1. The molecule has 5 heteroatoms. The van der Waals surface area contributed by atoms with Crippen LogP contribution in [0.1, 0.15) is 26.2 Å². The van der Waals surface area contributed by atoms with Gasteiger partial charge in [0, 0.05) is 29.3 Å². The zero-order valence-corrected chi connectivity index (χ0v) is 13.3. The fraction of sp³-hybridized carbons (Fsp3) is 0.562. The largest absolute Gasteiger partial charge is 0.396 e. The van der Waals surface area contributed by atoms with E-state index in [-0.39, 0.29) is 17.4 Å². The highest BCUT2D eigenvalue weighted by Crippen LogP contribution is 2.51. The van der Waals surface area contributed by atoms with Gasteiger partial charge in [0.15, 0.2) is 0 Å². The molecule has 1 atom stereocenters. The summed E-state index contributed by atoms with van der Waals surface area (Å²) in [6, 6.07) is 10.2. The highest BCUT2D eigenvalue weighted by atomic mass is 32.2. The van der Waals surface area contributed by atoms with Gasteiger partial charge in [0.25, 0.3) is 0 Å². The third-order valence-corrected chi connectivity index (χ3v) is 5.18. The van der Waals surface area contributed by atoms with Crippen molar-refractivity contribution in [2.45, 2.75) is 35.8 Å². The van der Waals surface area contributed by atoms with Gasteiger partial charge >= 0.3 is 6.03 Å². The molecule has 1 unspecified atom stereocenters. The summed E-state index contributed by atoms with van der Waals surface area (Å²) in [7, 11) is 0. The van der Waals surface area contributed by atoms with Crippen LogP contribution in [-0.2, 0) is 0 Å². The van der Waals surface area contributed by atoms with Crippen LogP contribution in [0.25, 0.3) is 0 Å². The van der Waals surface area contributed by atoms with Gasteiger partial charge in [-0.1, -0.05) is 25.1 Å². The van der Waals surface area contributed by atoms with E-state index in [1.807, 2.05) is 36.9 Å². The average molecular weight is 308 g/mol. The van der Waals surface area contributed by atoms with E-state index in [9.17, 15) is 4.79 Å². The van der Waals surface area contributed by atoms with E-state index in [4.69, 9.17) is 5.11 Å². The number of rotatable bonds is 8. The van der Waals surface area contributed by atoms with Crippen LogP contribution in [-0.4, -0.2) is 35.6 Å². The summed E-state index contributed by atoms with van der Waals surface area (Å²) in [5.74, 6) is 0.300. The summed E-state index contributed by atoms with van der Waals surface area (Å²) in [5, 5.41) is 14.7. The van der Waals surface area contributed by atoms with E-state index < -0.39 is 0 Å². The van der Waals surface area contributed by atoms with E-state index in [1.54, 1.807) is 0 Å². The lowest BCUT2D eigenvalue weighted by Crippen LogP contribution is -2.41. The number of hydrogen-bond acceptors (Lipinski definition) is 3. The molecule has 4 nitrogen and oxygen atoms in total. The van der Waals surface area contributed by atoms with Gasteiger partial charge in [0.1, 0.15) is 0 Å². The highest BCUT2D eigenvalue weighted by molar-refractivity contribution is 8.01. The van der Waals surface area contributed by atoms with Gasteiger partial charge in [0.2, 0.25) is 0 Å². The van der Waals surface area contributed by atoms with Crippen molar-refractivity contribution < 1.29 is 9.90 Å². The van der Waals surface area contributed by atoms with E-state index in [2.05, 4.69) is 22.8 Å². The molecule has 21 heavy (non-hydrogen) atoms. The maximum absolute atomic E-state index is 11.8. The summed E-state index contributed by atoms with van der Waals surface area (Å²) < 4.78 is 0.176. The molecule has 1 aliphatic carbocycles. The van der Waals surface area contributed by atoms with Crippen LogP contribution in [0.4, 0.5) is 4.79 Å². The Kier molecular flexibility index (Phi) is 5.94. The Morgan fingerprint density at radius 1 is 1.33 bits per heavy atom. The number of nitrogens with one attached hydrogen (secondary N) is 2. The number of hydrogen-bond donors (Lipinski definition) is 3. The van der Waals surface area contributed by atoms with Gasteiger partial charge in [-0.3, -0.25) is 0 Å². The number of carbonyl (C=O) groups is 1. The Hall–Kier alpha value is -1.20. The Morgan fingerprint density at radius 3 is 2.67 bits per heavy atom. The molecule has 0 aliphatic heterocycles. The van der Waals surface area contributed by atoms with Gasteiger partial charge in [0.05, 0.1) is 0 Å². The minimum atomic E-state index is -0.111. The van der Waals surface area contributed by atoms with E-state index in [0.717, 1.165) is 12.8 Å². The number of amides is 2. The van der Waals surface area contributed by atoms with Crippen LogP contribution < -0.4 is 10.6 Å².